The highest BCUT2D eigenvalue weighted by Crippen LogP contribution is 2.23. The fraction of sp³-hybridized carbons (Fsp3) is 0.588. The normalized spacial score (nSPS) is 10.3. The molecule has 0 aromatic heterocycles. The largest absolute Gasteiger partial charge is 0.491 e. The quantitative estimate of drug-likeness (QED) is 0.611. The molecule has 2 amide bonds. The third-order valence-corrected chi connectivity index (χ3v) is 3.20. The van der Waals surface area contributed by atoms with Crippen molar-refractivity contribution in [2.75, 3.05) is 32.2 Å². The van der Waals surface area contributed by atoms with E-state index in [0.717, 1.165) is 19.3 Å². The molecule has 0 spiro atoms. The molecular formula is C17H28N2O3. The number of nitrogens with one attached hydrogen (secondary N) is 2. The molecule has 5 nitrogen and oxygen atoms in total. The van der Waals surface area contributed by atoms with Crippen LogP contribution >= 0.6 is 0 Å². The van der Waals surface area contributed by atoms with Gasteiger partial charge in [0.05, 0.1) is 12.3 Å². The molecule has 124 valence electrons. The molecule has 0 saturated carbocycles. The van der Waals surface area contributed by atoms with E-state index < -0.39 is 0 Å². The lowest BCUT2D eigenvalue weighted by molar-refractivity contribution is 0.172. The van der Waals surface area contributed by atoms with Crippen molar-refractivity contribution in [2.45, 2.75) is 39.0 Å². The van der Waals surface area contributed by atoms with Crippen LogP contribution in [0.25, 0.3) is 0 Å². The summed E-state index contributed by atoms with van der Waals surface area (Å²) >= 11 is 0. The van der Waals surface area contributed by atoms with E-state index in [4.69, 9.17) is 9.47 Å². The Hall–Kier alpha value is -1.75. The van der Waals surface area contributed by atoms with Crippen LogP contribution in [0.4, 0.5) is 10.5 Å². The lowest BCUT2D eigenvalue weighted by Gasteiger charge is -2.13. The highest BCUT2D eigenvalue weighted by molar-refractivity contribution is 5.90. The number of carbonyl (C=O) groups excluding carboxylic acids is 1. The molecule has 5 heteroatoms. The summed E-state index contributed by atoms with van der Waals surface area (Å²) in [6.45, 7) is 4.09. The summed E-state index contributed by atoms with van der Waals surface area (Å²) < 4.78 is 10.7. The molecule has 0 saturated heterocycles. The zero-order valence-electron chi connectivity index (χ0n) is 13.7. The molecule has 0 aliphatic rings. The first-order chi connectivity index (χ1) is 10.8. The van der Waals surface area contributed by atoms with E-state index in [-0.39, 0.29) is 6.03 Å². The first-order valence-corrected chi connectivity index (χ1v) is 8.03. The minimum absolute atomic E-state index is 0.190. The average Bonchev–Trinajstić information content (AvgIpc) is 2.53. The van der Waals surface area contributed by atoms with E-state index >= 15 is 0 Å². The Balaban J connectivity index is 2.35. The van der Waals surface area contributed by atoms with Gasteiger partial charge in [-0.15, -0.1) is 0 Å². The number of ether oxygens (including phenoxy) is 2. The molecule has 1 rings (SSSR count). The summed E-state index contributed by atoms with van der Waals surface area (Å²) in [5.74, 6) is 0.680. The summed E-state index contributed by atoms with van der Waals surface area (Å²) in [5, 5.41) is 5.70. The van der Waals surface area contributed by atoms with Crippen molar-refractivity contribution >= 4 is 11.7 Å². The van der Waals surface area contributed by atoms with Crippen LogP contribution in [0.1, 0.15) is 39.0 Å². The summed E-state index contributed by atoms with van der Waals surface area (Å²) in [4.78, 5) is 11.9. The molecule has 0 heterocycles. The maximum Gasteiger partial charge on any atom is 0.319 e. The Kier molecular flexibility index (Phi) is 9.87. The number of unbranched alkanes of at least 4 members (excludes halogenated alkanes) is 3. The average molecular weight is 308 g/mol. The Morgan fingerprint density at radius 1 is 1.09 bits per heavy atom. The predicted molar refractivity (Wildman–Crippen MR) is 89.6 cm³/mol. The zero-order chi connectivity index (χ0) is 16.0. The number of amides is 2. The van der Waals surface area contributed by atoms with Gasteiger partial charge in [0.25, 0.3) is 0 Å². The molecule has 2 N–H and O–H groups in total. The lowest BCUT2D eigenvalue weighted by atomic mass is 10.2. The van der Waals surface area contributed by atoms with Crippen molar-refractivity contribution < 1.29 is 14.3 Å². The van der Waals surface area contributed by atoms with Gasteiger partial charge >= 0.3 is 6.03 Å². The van der Waals surface area contributed by atoms with Crippen molar-refractivity contribution in [3.8, 4) is 5.75 Å². The Labute approximate surface area is 133 Å². The number of methoxy groups -OCH3 is 1. The Bertz CT molecular complexity index is 424. The second-order valence-corrected chi connectivity index (χ2v) is 5.13. The molecular weight excluding hydrogens is 280 g/mol. The van der Waals surface area contributed by atoms with Gasteiger partial charge in [0.1, 0.15) is 5.75 Å². The van der Waals surface area contributed by atoms with Crippen molar-refractivity contribution in [1.82, 2.24) is 5.32 Å². The van der Waals surface area contributed by atoms with Crippen LogP contribution in [0.15, 0.2) is 24.3 Å². The second kappa shape index (κ2) is 11.9. The summed E-state index contributed by atoms with van der Waals surface area (Å²) in [6.07, 6.45) is 5.38. The summed E-state index contributed by atoms with van der Waals surface area (Å²) in [6, 6.07) is 7.26. The number of rotatable bonds is 11. The van der Waals surface area contributed by atoms with E-state index in [1.165, 1.54) is 12.8 Å². The van der Waals surface area contributed by atoms with E-state index in [0.29, 0.717) is 31.2 Å². The molecule has 0 bridgehead atoms. The summed E-state index contributed by atoms with van der Waals surface area (Å²) in [7, 11) is 1.67. The van der Waals surface area contributed by atoms with Crippen LogP contribution in [0.2, 0.25) is 0 Å². The number of urea groups is 1. The summed E-state index contributed by atoms with van der Waals surface area (Å²) in [5.41, 5.74) is 0.686. The molecule has 22 heavy (non-hydrogen) atoms. The van der Waals surface area contributed by atoms with Gasteiger partial charge in [-0.1, -0.05) is 38.3 Å². The molecule has 0 radical (unpaired) electrons. The van der Waals surface area contributed by atoms with Crippen LogP contribution < -0.4 is 15.4 Å². The van der Waals surface area contributed by atoms with Crippen molar-refractivity contribution in [3.63, 3.8) is 0 Å². The maximum atomic E-state index is 11.9. The first kappa shape index (κ1) is 18.3. The van der Waals surface area contributed by atoms with Gasteiger partial charge in [-0.05, 0) is 18.6 Å². The van der Waals surface area contributed by atoms with E-state index in [9.17, 15) is 4.79 Å². The van der Waals surface area contributed by atoms with Gasteiger partial charge in [-0.2, -0.15) is 0 Å². The predicted octanol–water partition coefficient (Wildman–Crippen LogP) is 3.80. The van der Waals surface area contributed by atoms with Gasteiger partial charge in [-0.3, -0.25) is 0 Å². The fourth-order valence-electron chi connectivity index (χ4n) is 2.00. The number of hydrogen-bond acceptors (Lipinski definition) is 3. The van der Waals surface area contributed by atoms with Crippen LogP contribution in [-0.4, -0.2) is 32.9 Å². The van der Waals surface area contributed by atoms with E-state index in [1.807, 2.05) is 24.3 Å². The topological polar surface area (TPSA) is 59.6 Å². The van der Waals surface area contributed by atoms with Crippen LogP contribution in [0, 0.1) is 0 Å². The highest BCUT2D eigenvalue weighted by Gasteiger charge is 2.06. The number of carbonyl (C=O) groups is 1. The third kappa shape index (κ3) is 7.88. The van der Waals surface area contributed by atoms with E-state index in [2.05, 4.69) is 17.6 Å². The smallest absolute Gasteiger partial charge is 0.319 e. The minimum atomic E-state index is -0.190. The molecule has 0 atom stereocenters. The number of benzene rings is 1. The molecule has 0 aliphatic carbocycles. The van der Waals surface area contributed by atoms with Crippen molar-refractivity contribution in [3.05, 3.63) is 24.3 Å². The zero-order valence-corrected chi connectivity index (χ0v) is 13.7. The SMILES string of the molecule is CCCCCCNC(=O)Nc1ccccc1OCCCOC. The maximum absolute atomic E-state index is 11.9. The highest BCUT2D eigenvalue weighted by atomic mass is 16.5. The standard InChI is InChI=1S/C17H28N2O3/c1-3-4-5-8-12-18-17(20)19-15-10-6-7-11-16(15)22-14-9-13-21-2/h6-7,10-11H,3-5,8-9,12-14H2,1-2H3,(H2,18,19,20). The number of anilines is 1. The fourth-order valence-corrected chi connectivity index (χ4v) is 2.00. The van der Waals surface area contributed by atoms with Gasteiger partial charge in [0.2, 0.25) is 0 Å². The van der Waals surface area contributed by atoms with Crippen molar-refractivity contribution in [2.24, 2.45) is 0 Å². The first-order valence-electron chi connectivity index (χ1n) is 8.03. The third-order valence-electron chi connectivity index (χ3n) is 3.20. The molecule has 0 unspecified atom stereocenters. The number of para-hydroxylation sites is 2. The minimum Gasteiger partial charge on any atom is -0.491 e. The van der Waals surface area contributed by atoms with Gasteiger partial charge in [-0.25, -0.2) is 4.79 Å². The number of hydrogen-bond donors (Lipinski definition) is 2. The molecule has 1 aromatic rings. The molecule has 0 aliphatic heterocycles. The van der Waals surface area contributed by atoms with E-state index in [1.54, 1.807) is 7.11 Å². The van der Waals surface area contributed by atoms with Crippen LogP contribution in [0.3, 0.4) is 0 Å². The van der Waals surface area contributed by atoms with Crippen LogP contribution in [-0.2, 0) is 4.74 Å². The van der Waals surface area contributed by atoms with Gasteiger partial charge in [0.15, 0.2) is 0 Å². The van der Waals surface area contributed by atoms with Crippen LogP contribution in [0.5, 0.6) is 5.75 Å². The van der Waals surface area contributed by atoms with Gasteiger partial charge < -0.3 is 20.1 Å². The Morgan fingerprint density at radius 2 is 1.91 bits per heavy atom. The van der Waals surface area contributed by atoms with Crippen molar-refractivity contribution in [1.29, 1.82) is 0 Å². The second-order valence-electron chi connectivity index (χ2n) is 5.13. The molecule has 1 aromatic carbocycles. The monoisotopic (exact) mass is 308 g/mol. The van der Waals surface area contributed by atoms with Gasteiger partial charge in [0, 0.05) is 26.7 Å². The molecule has 0 fully saturated rings. The lowest BCUT2D eigenvalue weighted by Crippen LogP contribution is -2.29. The Morgan fingerprint density at radius 3 is 2.68 bits per heavy atom.